The van der Waals surface area contributed by atoms with Crippen molar-refractivity contribution in [2.24, 2.45) is 0 Å². The number of carbonyl (C=O) groups excluding carboxylic acids is 1. The Bertz CT molecular complexity index is 651. The Morgan fingerprint density at radius 3 is 2.64 bits per heavy atom. The number of carbonyl (C=O) groups is 1. The Hall–Kier alpha value is -2.29. The molecule has 2 aromatic carbocycles. The predicted molar refractivity (Wildman–Crippen MR) is 84.9 cm³/mol. The highest BCUT2D eigenvalue weighted by Gasteiger charge is 2.44. The smallest absolute Gasteiger partial charge is 0.350 e. The molecular formula is C19H20O3. The zero-order chi connectivity index (χ0) is 15.4. The van der Waals surface area contributed by atoms with E-state index >= 15 is 0 Å². The van der Waals surface area contributed by atoms with Gasteiger partial charge >= 0.3 is 5.97 Å². The van der Waals surface area contributed by atoms with E-state index < -0.39 is 5.60 Å². The van der Waals surface area contributed by atoms with Crippen LogP contribution in [0.3, 0.4) is 0 Å². The molecule has 0 spiro atoms. The van der Waals surface area contributed by atoms with Crippen molar-refractivity contribution in [2.45, 2.75) is 31.3 Å². The number of aryl methyl sites for hydroxylation is 2. The van der Waals surface area contributed by atoms with E-state index in [2.05, 4.69) is 12.1 Å². The van der Waals surface area contributed by atoms with E-state index in [1.165, 1.54) is 12.7 Å². The lowest BCUT2D eigenvalue weighted by Crippen LogP contribution is -2.48. The fraction of sp³-hybridized carbons (Fsp3) is 0.316. The van der Waals surface area contributed by atoms with Crippen molar-refractivity contribution in [3.05, 3.63) is 65.7 Å². The highest BCUT2D eigenvalue weighted by Crippen LogP contribution is 2.36. The van der Waals surface area contributed by atoms with Gasteiger partial charge in [0.2, 0.25) is 5.60 Å². The van der Waals surface area contributed by atoms with Gasteiger partial charge in [-0.25, -0.2) is 4.79 Å². The minimum atomic E-state index is -0.876. The lowest BCUT2D eigenvalue weighted by atomic mass is 9.86. The van der Waals surface area contributed by atoms with Gasteiger partial charge in [-0.3, -0.25) is 0 Å². The molecule has 0 unspecified atom stereocenters. The lowest BCUT2D eigenvalue weighted by Gasteiger charge is -2.36. The second-order valence-corrected chi connectivity index (χ2v) is 5.68. The largest absolute Gasteiger partial charge is 0.475 e. The van der Waals surface area contributed by atoms with Gasteiger partial charge < -0.3 is 9.47 Å². The van der Waals surface area contributed by atoms with Crippen LogP contribution < -0.4 is 4.74 Å². The van der Waals surface area contributed by atoms with Crippen molar-refractivity contribution >= 4 is 5.97 Å². The number of esters is 1. The van der Waals surface area contributed by atoms with Crippen molar-refractivity contribution < 1.29 is 14.3 Å². The minimum Gasteiger partial charge on any atom is -0.475 e. The van der Waals surface area contributed by atoms with Crippen molar-refractivity contribution in [2.75, 3.05) is 7.11 Å². The van der Waals surface area contributed by atoms with Gasteiger partial charge in [0.25, 0.3) is 0 Å². The summed E-state index contributed by atoms with van der Waals surface area (Å²) in [4.78, 5) is 12.4. The van der Waals surface area contributed by atoms with E-state index in [0.29, 0.717) is 12.8 Å². The molecule has 0 fully saturated rings. The van der Waals surface area contributed by atoms with E-state index in [1.54, 1.807) is 0 Å². The summed E-state index contributed by atoms with van der Waals surface area (Å²) in [5, 5.41) is 0. The Labute approximate surface area is 130 Å². The minimum absolute atomic E-state index is 0.280. The molecule has 0 radical (unpaired) electrons. The normalized spacial score (nSPS) is 19.9. The molecule has 3 nitrogen and oxygen atoms in total. The SMILES string of the molecule is COC(=O)[C@]1(CCc2ccccc2)CCc2ccccc2O1. The van der Waals surface area contributed by atoms with Crippen molar-refractivity contribution in [3.63, 3.8) is 0 Å². The second kappa shape index (κ2) is 6.22. The van der Waals surface area contributed by atoms with Gasteiger partial charge in [-0.1, -0.05) is 48.5 Å². The molecular weight excluding hydrogens is 276 g/mol. The molecule has 3 heteroatoms. The first-order valence-corrected chi connectivity index (χ1v) is 7.63. The molecule has 0 amide bonds. The molecule has 0 aliphatic carbocycles. The van der Waals surface area contributed by atoms with Gasteiger partial charge in [0, 0.05) is 12.8 Å². The molecule has 114 valence electrons. The maximum absolute atomic E-state index is 12.4. The summed E-state index contributed by atoms with van der Waals surface area (Å²) in [5.41, 5.74) is 1.48. The second-order valence-electron chi connectivity index (χ2n) is 5.68. The summed E-state index contributed by atoms with van der Waals surface area (Å²) in [7, 11) is 1.43. The molecule has 3 rings (SSSR count). The summed E-state index contributed by atoms with van der Waals surface area (Å²) in [6, 6.07) is 18.1. The van der Waals surface area contributed by atoms with Crippen LogP contribution in [0, 0.1) is 0 Å². The molecule has 22 heavy (non-hydrogen) atoms. The fourth-order valence-electron chi connectivity index (χ4n) is 3.01. The first-order valence-electron chi connectivity index (χ1n) is 7.63. The van der Waals surface area contributed by atoms with Crippen molar-refractivity contribution in [1.29, 1.82) is 0 Å². The van der Waals surface area contributed by atoms with Crippen molar-refractivity contribution in [1.82, 2.24) is 0 Å². The maximum atomic E-state index is 12.4. The Kier molecular flexibility index (Phi) is 4.14. The summed E-state index contributed by atoms with van der Waals surface area (Å²) in [6.07, 6.45) is 2.90. The molecule has 1 aliphatic rings. The molecule has 1 aliphatic heterocycles. The molecule has 1 heterocycles. The number of ether oxygens (including phenoxy) is 2. The summed E-state index contributed by atoms with van der Waals surface area (Å²) >= 11 is 0. The Morgan fingerprint density at radius 1 is 1.14 bits per heavy atom. The van der Waals surface area contributed by atoms with Crippen molar-refractivity contribution in [3.8, 4) is 5.75 Å². The highest BCUT2D eigenvalue weighted by atomic mass is 16.6. The van der Waals surface area contributed by atoms with Crippen LogP contribution in [-0.2, 0) is 22.4 Å². The number of hydrogen-bond donors (Lipinski definition) is 0. The third kappa shape index (κ3) is 2.84. The summed E-state index contributed by atoms with van der Waals surface area (Å²) < 4.78 is 11.2. The van der Waals surface area contributed by atoms with Gasteiger partial charge in [-0.15, -0.1) is 0 Å². The number of hydrogen-bond acceptors (Lipinski definition) is 3. The van der Waals surface area contributed by atoms with Crippen LogP contribution >= 0.6 is 0 Å². The lowest BCUT2D eigenvalue weighted by molar-refractivity contribution is -0.161. The first kappa shape index (κ1) is 14.6. The van der Waals surface area contributed by atoms with E-state index in [1.807, 2.05) is 42.5 Å². The molecule has 0 N–H and O–H groups in total. The fourth-order valence-corrected chi connectivity index (χ4v) is 3.01. The Balaban J connectivity index is 1.82. The number of rotatable bonds is 4. The molecule has 0 saturated heterocycles. The van der Waals surface area contributed by atoms with E-state index in [4.69, 9.17) is 9.47 Å². The average molecular weight is 296 g/mol. The molecule has 0 aromatic heterocycles. The van der Waals surface area contributed by atoms with Gasteiger partial charge in [-0.2, -0.15) is 0 Å². The number of fused-ring (bicyclic) bond motifs is 1. The van der Waals surface area contributed by atoms with Crippen LogP contribution in [0.15, 0.2) is 54.6 Å². The van der Waals surface area contributed by atoms with Crippen LogP contribution in [0.4, 0.5) is 0 Å². The average Bonchev–Trinajstić information content (AvgIpc) is 2.60. The first-order chi connectivity index (χ1) is 10.7. The predicted octanol–water partition coefficient (Wildman–Crippen LogP) is 3.56. The maximum Gasteiger partial charge on any atom is 0.350 e. The van der Waals surface area contributed by atoms with Crippen LogP contribution in [0.1, 0.15) is 24.0 Å². The zero-order valence-corrected chi connectivity index (χ0v) is 12.7. The Morgan fingerprint density at radius 2 is 1.86 bits per heavy atom. The van der Waals surface area contributed by atoms with Crippen LogP contribution in [0.2, 0.25) is 0 Å². The number of benzene rings is 2. The molecule has 2 aromatic rings. The van der Waals surface area contributed by atoms with E-state index in [9.17, 15) is 4.79 Å². The van der Waals surface area contributed by atoms with Crippen LogP contribution in [-0.4, -0.2) is 18.7 Å². The molecule has 0 bridgehead atoms. The van der Waals surface area contributed by atoms with Crippen LogP contribution in [0.25, 0.3) is 0 Å². The topological polar surface area (TPSA) is 35.5 Å². The van der Waals surface area contributed by atoms with Gasteiger partial charge in [0.15, 0.2) is 0 Å². The van der Waals surface area contributed by atoms with E-state index in [-0.39, 0.29) is 5.97 Å². The zero-order valence-electron chi connectivity index (χ0n) is 12.7. The van der Waals surface area contributed by atoms with Gasteiger partial charge in [0.05, 0.1) is 7.11 Å². The highest BCUT2D eigenvalue weighted by molar-refractivity contribution is 5.80. The summed E-state index contributed by atoms with van der Waals surface area (Å²) in [5.74, 6) is 0.519. The summed E-state index contributed by atoms with van der Waals surface area (Å²) in [6.45, 7) is 0. The standard InChI is InChI=1S/C19H20O3/c1-21-18(20)19(13-11-15-7-3-2-4-8-15)14-12-16-9-5-6-10-17(16)22-19/h2-10H,11-14H2,1H3/t19-/m0/s1. The van der Waals surface area contributed by atoms with Crippen LogP contribution in [0.5, 0.6) is 5.75 Å². The monoisotopic (exact) mass is 296 g/mol. The van der Waals surface area contributed by atoms with E-state index in [0.717, 1.165) is 24.2 Å². The van der Waals surface area contributed by atoms with Gasteiger partial charge in [0.1, 0.15) is 5.75 Å². The molecule has 0 saturated carbocycles. The van der Waals surface area contributed by atoms with Gasteiger partial charge in [-0.05, 0) is 30.0 Å². The number of para-hydroxylation sites is 1. The molecule has 1 atom stereocenters. The number of methoxy groups -OCH3 is 1. The third-order valence-electron chi connectivity index (χ3n) is 4.29. The third-order valence-corrected chi connectivity index (χ3v) is 4.29. The quantitative estimate of drug-likeness (QED) is 0.809.